The van der Waals surface area contributed by atoms with E-state index in [1.54, 1.807) is 0 Å². The van der Waals surface area contributed by atoms with Gasteiger partial charge in [0.05, 0.1) is 0 Å². The first-order valence-electron chi connectivity index (χ1n) is 4.93. The molecular weight excluding hydrogens is 176 g/mol. The Morgan fingerprint density at radius 3 is 2.93 bits per heavy atom. The van der Waals surface area contributed by atoms with Gasteiger partial charge in [0.15, 0.2) is 12.4 Å². The number of hydrogen-bond donors (Lipinski definition) is 0. The van der Waals surface area contributed by atoms with E-state index in [9.17, 15) is 4.79 Å². The summed E-state index contributed by atoms with van der Waals surface area (Å²) in [6, 6.07) is 4.21. The lowest BCUT2D eigenvalue weighted by molar-refractivity contribution is -0.114. The molecule has 14 heavy (non-hydrogen) atoms. The normalized spacial score (nSPS) is 19.7. The zero-order valence-corrected chi connectivity index (χ0v) is 8.54. The van der Waals surface area contributed by atoms with E-state index in [0.29, 0.717) is 0 Å². The van der Waals surface area contributed by atoms with Gasteiger partial charge in [-0.05, 0) is 43.4 Å². The number of carbonyl (C=O) groups excluding carboxylic acids is 1. The lowest BCUT2D eigenvalue weighted by Gasteiger charge is -2.24. The Labute approximate surface area is 83.9 Å². The van der Waals surface area contributed by atoms with Crippen LogP contribution in [0.4, 0.5) is 0 Å². The summed E-state index contributed by atoms with van der Waals surface area (Å²) < 4.78 is 5.62. The van der Waals surface area contributed by atoms with E-state index < -0.39 is 0 Å². The topological polar surface area (TPSA) is 26.3 Å². The van der Waals surface area contributed by atoms with Gasteiger partial charge in [0.25, 0.3) is 0 Å². The van der Waals surface area contributed by atoms with Crippen molar-refractivity contribution in [2.45, 2.75) is 32.8 Å². The van der Waals surface area contributed by atoms with Crippen LogP contribution in [0.3, 0.4) is 0 Å². The van der Waals surface area contributed by atoms with Crippen LogP contribution in [0.15, 0.2) is 12.1 Å². The largest absolute Gasteiger partial charge is 0.482 e. The fourth-order valence-electron chi connectivity index (χ4n) is 1.81. The van der Waals surface area contributed by atoms with Gasteiger partial charge in [-0.25, -0.2) is 0 Å². The highest BCUT2D eigenvalue weighted by Gasteiger charge is 2.20. The summed E-state index contributed by atoms with van der Waals surface area (Å²) in [6.07, 6.45) is 2.40. The molecule has 2 nitrogen and oxygen atoms in total. The lowest BCUT2D eigenvalue weighted by Crippen LogP contribution is -2.24. The zero-order chi connectivity index (χ0) is 10.1. The van der Waals surface area contributed by atoms with Crippen LogP contribution < -0.4 is 4.74 Å². The van der Waals surface area contributed by atoms with Gasteiger partial charge in [-0.1, -0.05) is 12.1 Å². The molecule has 2 heteroatoms. The number of fused-ring (bicyclic) bond motifs is 1. The monoisotopic (exact) mass is 190 g/mol. The molecule has 0 amide bonds. The fourth-order valence-corrected chi connectivity index (χ4v) is 1.81. The Morgan fingerprint density at radius 2 is 2.21 bits per heavy atom. The minimum absolute atomic E-state index is 0.247. The van der Waals surface area contributed by atoms with Gasteiger partial charge in [-0.2, -0.15) is 0 Å². The summed E-state index contributed by atoms with van der Waals surface area (Å²) in [5.41, 5.74) is 3.61. The molecule has 74 valence electrons. The second kappa shape index (κ2) is 3.45. The van der Waals surface area contributed by atoms with Crippen molar-refractivity contribution in [2.75, 3.05) is 0 Å². The van der Waals surface area contributed by atoms with Crippen molar-refractivity contribution >= 4 is 6.29 Å². The maximum Gasteiger partial charge on any atom is 0.160 e. The molecule has 0 aliphatic carbocycles. The van der Waals surface area contributed by atoms with E-state index >= 15 is 0 Å². The van der Waals surface area contributed by atoms with Crippen molar-refractivity contribution < 1.29 is 9.53 Å². The Balaban J connectivity index is 2.43. The molecule has 0 spiro atoms. The predicted octanol–water partition coefficient (Wildman–Crippen LogP) is 2.20. The van der Waals surface area contributed by atoms with Crippen LogP contribution in [0.25, 0.3) is 0 Å². The molecule has 1 aromatic rings. The maximum absolute atomic E-state index is 10.6. The van der Waals surface area contributed by atoms with Crippen molar-refractivity contribution in [1.82, 2.24) is 0 Å². The summed E-state index contributed by atoms with van der Waals surface area (Å²) in [4.78, 5) is 10.6. The van der Waals surface area contributed by atoms with Crippen LogP contribution in [-0.2, 0) is 11.2 Å². The first kappa shape index (κ1) is 9.25. The van der Waals surface area contributed by atoms with E-state index in [2.05, 4.69) is 19.1 Å². The third-order valence-electron chi connectivity index (χ3n) is 2.88. The van der Waals surface area contributed by atoms with Crippen LogP contribution in [0.5, 0.6) is 5.75 Å². The number of aldehydes is 1. The lowest BCUT2D eigenvalue weighted by atomic mass is 9.97. The fraction of sp³-hybridized carbons (Fsp3) is 0.417. The van der Waals surface area contributed by atoms with Crippen molar-refractivity contribution in [2.24, 2.45) is 0 Å². The molecule has 0 fully saturated rings. The highest BCUT2D eigenvalue weighted by atomic mass is 16.5. The molecule has 0 saturated carbocycles. The highest BCUT2D eigenvalue weighted by Crippen LogP contribution is 2.32. The average Bonchev–Trinajstić information content (AvgIpc) is 2.23. The summed E-state index contributed by atoms with van der Waals surface area (Å²) in [5, 5.41) is 0. The van der Waals surface area contributed by atoms with Gasteiger partial charge >= 0.3 is 0 Å². The van der Waals surface area contributed by atoms with Gasteiger partial charge in [0.2, 0.25) is 0 Å². The number of aryl methyl sites for hydroxylation is 2. The first-order chi connectivity index (χ1) is 6.72. The number of rotatable bonds is 1. The van der Waals surface area contributed by atoms with Gasteiger partial charge in [-0.3, -0.25) is 4.79 Å². The van der Waals surface area contributed by atoms with Crippen molar-refractivity contribution in [1.29, 1.82) is 0 Å². The van der Waals surface area contributed by atoms with Crippen LogP contribution in [0.1, 0.15) is 23.1 Å². The molecule has 0 N–H and O–H groups in total. The molecule has 0 aromatic heterocycles. The number of hydrogen-bond acceptors (Lipinski definition) is 2. The minimum atomic E-state index is -0.247. The smallest absolute Gasteiger partial charge is 0.160 e. The molecule has 1 heterocycles. The van der Waals surface area contributed by atoms with E-state index in [1.807, 2.05) is 6.92 Å². The van der Waals surface area contributed by atoms with Crippen molar-refractivity contribution in [3.63, 3.8) is 0 Å². The molecular formula is C12H14O2. The molecule has 1 aliphatic rings. The molecule has 1 aliphatic heterocycles. The van der Waals surface area contributed by atoms with Crippen LogP contribution in [-0.4, -0.2) is 12.4 Å². The molecule has 0 bridgehead atoms. The number of benzene rings is 1. The molecule has 2 rings (SSSR count). The van der Waals surface area contributed by atoms with Gasteiger partial charge < -0.3 is 4.74 Å². The Morgan fingerprint density at radius 1 is 1.43 bits per heavy atom. The third kappa shape index (κ3) is 1.41. The second-order valence-corrected chi connectivity index (χ2v) is 3.83. The van der Waals surface area contributed by atoms with E-state index in [-0.39, 0.29) is 6.10 Å². The zero-order valence-electron chi connectivity index (χ0n) is 8.54. The molecule has 1 atom stereocenters. The van der Waals surface area contributed by atoms with Crippen LogP contribution in [0.2, 0.25) is 0 Å². The SMILES string of the molecule is Cc1ccc2c(c1C)OC(C=O)CC2. The molecule has 0 radical (unpaired) electrons. The number of carbonyl (C=O) groups is 1. The Bertz CT molecular complexity index is 369. The molecule has 1 aromatic carbocycles. The van der Waals surface area contributed by atoms with Crippen LogP contribution in [0, 0.1) is 13.8 Å². The van der Waals surface area contributed by atoms with Gasteiger partial charge in [-0.15, -0.1) is 0 Å². The molecule has 0 saturated heterocycles. The maximum atomic E-state index is 10.6. The number of ether oxygens (including phenoxy) is 1. The standard InChI is InChI=1S/C12H14O2/c1-8-3-4-10-5-6-11(7-13)14-12(10)9(8)2/h3-4,7,11H,5-6H2,1-2H3. The summed E-state index contributed by atoms with van der Waals surface area (Å²) >= 11 is 0. The Hall–Kier alpha value is -1.31. The second-order valence-electron chi connectivity index (χ2n) is 3.83. The van der Waals surface area contributed by atoms with E-state index in [0.717, 1.165) is 30.4 Å². The predicted molar refractivity (Wildman–Crippen MR) is 54.7 cm³/mol. The van der Waals surface area contributed by atoms with Gasteiger partial charge in [0, 0.05) is 0 Å². The molecule has 1 unspecified atom stereocenters. The van der Waals surface area contributed by atoms with Crippen LogP contribution >= 0.6 is 0 Å². The summed E-state index contributed by atoms with van der Waals surface area (Å²) in [7, 11) is 0. The Kier molecular flexibility index (Phi) is 2.28. The quantitative estimate of drug-likeness (QED) is 0.634. The highest BCUT2D eigenvalue weighted by molar-refractivity contribution is 5.59. The van der Waals surface area contributed by atoms with E-state index in [4.69, 9.17) is 4.74 Å². The van der Waals surface area contributed by atoms with Crippen molar-refractivity contribution in [3.05, 3.63) is 28.8 Å². The first-order valence-corrected chi connectivity index (χ1v) is 4.93. The van der Waals surface area contributed by atoms with E-state index in [1.165, 1.54) is 11.1 Å². The summed E-state index contributed by atoms with van der Waals surface area (Å²) in [5.74, 6) is 0.924. The van der Waals surface area contributed by atoms with Crippen molar-refractivity contribution in [3.8, 4) is 5.75 Å². The minimum Gasteiger partial charge on any atom is -0.482 e. The third-order valence-corrected chi connectivity index (χ3v) is 2.88. The average molecular weight is 190 g/mol. The van der Waals surface area contributed by atoms with Gasteiger partial charge in [0.1, 0.15) is 5.75 Å². The summed E-state index contributed by atoms with van der Waals surface area (Å²) in [6.45, 7) is 4.10.